The highest BCUT2D eigenvalue weighted by atomic mass is 16.6. The second kappa shape index (κ2) is 4.80. The van der Waals surface area contributed by atoms with Crippen LogP contribution in [0.1, 0.15) is 26.7 Å². The Morgan fingerprint density at radius 2 is 1.92 bits per heavy atom. The molecule has 3 heteroatoms. The maximum atomic E-state index is 8.86. The van der Waals surface area contributed by atoms with E-state index in [2.05, 4.69) is 13.8 Å². The third-order valence-electron chi connectivity index (χ3n) is 2.29. The molecule has 0 aliphatic carbocycles. The summed E-state index contributed by atoms with van der Waals surface area (Å²) in [6.07, 6.45) is 2.21. The van der Waals surface area contributed by atoms with Crippen molar-refractivity contribution in [3.63, 3.8) is 0 Å². The largest absolute Gasteiger partial charge is 0.394 e. The van der Waals surface area contributed by atoms with Crippen molar-refractivity contribution >= 4 is 0 Å². The summed E-state index contributed by atoms with van der Waals surface area (Å²) in [7, 11) is 0. The first-order valence-electron chi connectivity index (χ1n) is 4.69. The molecule has 1 saturated heterocycles. The molecule has 1 fully saturated rings. The smallest absolute Gasteiger partial charge is 0.104 e. The summed E-state index contributed by atoms with van der Waals surface area (Å²) in [6.45, 7) is 4.77. The van der Waals surface area contributed by atoms with Gasteiger partial charge < -0.3 is 14.6 Å². The maximum Gasteiger partial charge on any atom is 0.104 e. The molecule has 1 aliphatic rings. The summed E-state index contributed by atoms with van der Waals surface area (Å²) in [4.78, 5) is 0. The molecular weight excluding hydrogens is 156 g/mol. The lowest BCUT2D eigenvalue weighted by atomic mass is 10.1. The van der Waals surface area contributed by atoms with Crippen LogP contribution in [-0.4, -0.2) is 36.6 Å². The predicted molar refractivity (Wildman–Crippen MR) is 46.1 cm³/mol. The van der Waals surface area contributed by atoms with Gasteiger partial charge in [-0.25, -0.2) is 0 Å². The van der Waals surface area contributed by atoms with Crippen molar-refractivity contribution in [2.75, 3.05) is 13.2 Å². The molecule has 0 amide bonds. The molecule has 0 spiro atoms. The van der Waals surface area contributed by atoms with Gasteiger partial charge in [-0.05, 0) is 12.8 Å². The van der Waals surface area contributed by atoms with Gasteiger partial charge in [0.25, 0.3) is 0 Å². The highest BCUT2D eigenvalue weighted by Gasteiger charge is 2.28. The minimum absolute atomic E-state index is 0.0624. The number of aliphatic hydroxyl groups is 1. The van der Waals surface area contributed by atoms with Gasteiger partial charge in [0.05, 0.1) is 25.4 Å². The Labute approximate surface area is 73.7 Å². The second-order valence-electron chi connectivity index (χ2n) is 3.17. The van der Waals surface area contributed by atoms with Crippen molar-refractivity contribution in [2.45, 2.75) is 45.0 Å². The van der Waals surface area contributed by atoms with Gasteiger partial charge in [0.2, 0.25) is 0 Å². The van der Waals surface area contributed by atoms with Gasteiger partial charge in [0.1, 0.15) is 6.10 Å². The quantitative estimate of drug-likeness (QED) is 0.692. The van der Waals surface area contributed by atoms with Gasteiger partial charge >= 0.3 is 0 Å². The molecule has 0 saturated carbocycles. The van der Waals surface area contributed by atoms with E-state index in [0.717, 1.165) is 12.8 Å². The lowest BCUT2D eigenvalue weighted by Gasteiger charge is -2.35. The lowest BCUT2D eigenvalue weighted by Crippen LogP contribution is -2.44. The number of rotatable bonds is 3. The summed E-state index contributed by atoms with van der Waals surface area (Å²) >= 11 is 0. The van der Waals surface area contributed by atoms with Gasteiger partial charge in [-0.2, -0.15) is 0 Å². The van der Waals surface area contributed by atoms with Crippen molar-refractivity contribution in [1.29, 1.82) is 0 Å². The van der Waals surface area contributed by atoms with E-state index in [1.165, 1.54) is 0 Å². The first-order valence-corrected chi connectivity index (χ1v) is 4.69. The zero-order valence-electron chi connectivity index (χ0n) is 7.82. The molecule has 1 heterocycles. The third kappa shape index (κ3) is 2.19. The van der Waals surface area contributed by atoms with Crippen molar-refractivity contribution < 1.29 is 14.6 Å². The summed E-state index contributed by atoms with van der Waals surface area (Å²) < 4.78 is 11.2. The van der Waals surface area contributed by atoms with Crippen LogP contribution >= 0.6 is 0 Å². The highest BCUT2D eigenvalue weighted by Crippen LogP contribution is 2.19. The van der Waals surface area contributed by atoms with E-state index in [4.69, 9.17) is 14.6 Å². The molecule has 0 aromatic carbocycles. The van der Waals surface area contributed by atoms with Gasteiger partial charge in [0, 0.05) is 0 Å². The van der Waals surface area contributed by atoms with Crippen LogP contribution in [0, 0.1) is 0 Å². The summed E-state index contributed by atoms with van der Waals surface area (Å²) in [5.41, 5.74) is 0. The Bertz CT molecular complexity index is 127. The van der Waals surface area contributed by atoms with E-state index in [1.54, 1.807) is 0 Å². The van der Waals surface area contributed by atoms with Crippen LogP contribution in [0.2, 0.25) is 0 Å². The fourth-order valence-corrected chi connectivity index (χ4v) is 1.55. The first-order chi connectivity index (χ1) is 5.81. The summed E-state index contributed by atoms with van der Waals surface area (Å²) in [5.74, 6) is 0. The molecule has 72 valence electrons. The van der Waals surface area contributed by atoms with Gasteiger partial charge in [-0.15, -0.1) is 0 Å². The van der Waals surface area contributed by atoms with E-state index >= 15 is 0 Å². The molecule has 3 atom stereocenters. The topological polar surface area (TPSA) is 38.7 Å². The summed E-state index contributed by atoms with van der Waals surface area (Å²) in [6, 6.07) is 0. The van der Waals surface area contributed by atoms with Gasteiger partial charge in [-0.3, -0.25) is 0 Å². The minimum atomic E-state index is -0.113. The van der Waals surface area contributed by atoms with Crippen LogP contribution in [0.5, 0.6) is 0 Å². The van der Waals surface area contributed by atoms with Crippen molar-refractivity contribution in [3.8, 4) is 0 Å². The van der Waals surface area contributed by atoms with Crippen molar-refractivity contribution in [1.82, 2.24) is 0 Å². The second-order valence-corrected chi connectivity index (χ2v) is 3.17. The zero-order valence-corrected chi connectivity index (χ0v) is 7.82. The molecule has 0 aromatic heterocycles. The van der Waals surface area contributed by atoms with E-state index in [-0.39, 0.29) is 24.9 Å². The zero-order chi connectivity index (χ0) is 8.97. The van der Waals surface area contributed by atoms with Crippen molar-refractivity contribution in [2.24, 2.45) is 0 Å². The Balaban J connectivity index is 2.41. The Kier molecular flexibility index (Phi) is 3.98. The van der Waals surface area contributed by atoms with E-state index in [0.29, 0.717) is 6.61 Å². The van der Waals surface area contributed by atoms with Gasteiger partial charge in [0.15, 0.2) is 0 Å². The summed E-state index contributed by atoms with van der Waals surface area (Å²) in [5, 5.41) is 8.86. The third-order valence-corrected chi connectivity index (χ3v) is 2.29. The molecule has 0 radical (unpaired) electrons. The average molecular weight is 174 g/mol. The molecule has 3 unspecified atom stereocenters. The Morgan fingerprint density at radius 1 is 1.25 bits per heavy atom. The number of hydrogen-bond donors (Lipinski definition) is 1. The lowest BCUT2D eigenvalue weighted by molar-refractivity contribution is -0.190. The number of hydrogen-bond acceptors (Lipinski definition) is 3. The molecule has 1 rings (SSSR count). The van der Waals surface area contributed by atoms with Crippen LogP contribution in [0.25, 0.3) is 0 Å². The molecule has 0 bridgehead atoms. The molecule has 12 heavy (non-hydrogen) atoms. The SMILES string of the molecule is CCC1OCC(CO)OC1CC. The Hall–Kier alpha value is -0.120. The van der Waals surface area contributed by atoms with Crippen LogP contribution in [0.4, 0.5) is 0 Å². The van der Waals surface area contributed by atoms with E-state index in [1.807, 2.05) is 0 Å². The Morgan fingerprint density at radius 3 is 2.42 bits per heavy atom. The normalized spacial score (nSPS) is 36.8. The molecule has 0 aromatic rings. The van der Waals surface area contributed by atoms with Crippen LogP contribution in [0.3, 0.4) is 0 Å². The molecule has 1 aliphatic heterocycles. The van der Waals surface area contributed by atoms with E-state index in [9.17, 15) is 0 Å². The fourth-order valence-electron chi connectivity index (χ4n) is 1.55. The highest BCUT2D eigenvalue weighted by molar-refractivity contribution is 4.75. The van der Waals surface area contributed by atoms with Crippen molar-refractivity contribution in [3.05, 3.63) is 0 Å². The number of ether oxygens (including phenoxy) is 2. The fraction of sp³-hybridized carbons (Fsp3) is 1.00. The first kappa shape index (κ1) is 9.96. The van der Waals surface area contributed by atoms with Crippen LogP contribution in [-0.2, 0) is 9.47 Å². The molecular formula is C9H18O3. The minimum Gasteiger partial charge on any atom is -0.394 e. The number of aliphatic hydroxyl groups excluding tert-OH is 1. The van der Waals surface area contributed by atoms with Gasteiger partial charge in [-0.1, -0.05) is 13.8 Å². The average Bonchev–Trinajstić information content (AvgIpc) is 2.16. The standard InChI is InChI=1S/C9H18O3/c1-3-8-9(4-2)12-7(5-10)6-11-8/h7-10H,3-6H2,1-2H3. The predicted octanol–water partition coefficient (Wildman–Crippen LogP) is 0.951. The molecule has 1 N–H and O–H groups in total. The van der Waals surface area contributed by atoms with Crippen LogP contribution < -0.4 is 0 Å². The maximum absolute atomic E-state index is 8.86. The monoisotopic (exact) mass is 174 g/mol. The van der Waals surface area contributed by atoms with E-state index < -0.39 is 0 Å². The van der Waals surface area contributed by atoms with Crippen LogP contribution in [0.15, 0.2) is 0 Å². The molecule has 3 nitrogen and oxygen atoms in total.